The van der Waals surface area contributed by atoms with E-state index in [1.54, 1.807) is 0 Å². The van der Waals surface area contributed by atoms with Crippen LogP contribution < -0.4 is 10.6 Å². The lowest BCUT2D eigenvalue weighted by Gasteiger charge is -2.15. The summed E-state index contributed by atoms with van der Waals surface area (Å²) in [5, 5.41) is 14.7. The molecule has 7 heteroatoms. The lowest BCUT2D eigenvalue weighted by atomic mass is 9.98. The highest BCUT2D eigenvalue weighted by molar-refractivity contribution is 5.79. The lowest BCUT2D eigenvalue weighted by Crippen LogP contribution is -2.31. The molecule has 1 unspecified atom stereocenters. The van der Waals surface area contributed by atoms with Gasteiger partial charge in [0.1, 0.15) is 6.61 Å². The van der Waals surface area contributed by atoms with Gasteiger partial charge in [-0.05, 0) is 59.8 Å². The van der Waals surface area contributed by atoms with Gasteiger partial charge >= 0.3 is 12.1 Å². The lowest BCUT2D eigenvalue weighted by molar-refractivity contribution is -0.138. The fourth-order valence-corrected chi connectivity index (χ4v) is 4.96. The van der Waals surface area contributed by atoms with Gasteiger partial charge in [-0.1, -0.05) is 55.0 Å². The van der Waals surface area contributed by atoms with E-state index < -0.39 is 12.1 Å². The number of ether oxygens (including phenoxy) is 1. The van der Waals surface area contributed by atoms with E-state index in [0.29, 0.717) is 32.0 Å². The van der Waals surface area contributed by atoms with Gasteiger partial charge in [0.2, 0.25) is 5.91 Å². The van der Waals surface area contributed by atoms with Crippen LogP contribution >= 0.6 is 0 Å². The molecular formula is C28H34N2O5. The Kier molecular flexibility index (Phi) is 8.40. The molecule has 2 amide bonds. The van der Waals surface area contributed by atoms with Crippen molar-refractivity contribution >= 4 is 18.0 Å². The van der Waals surface area contributed by atoms with Crippen molar-refractivity contribution in [3.63, 3.8) is 0 Å². The molecule has 4 rings (SSSR count). The molecule has 0 radical (unpaired) electrons. The van der Waals surface area contributed by atoms with Crippen LogP contribution in [0, 0.1) is 11.8 Å². The number of fused-ring (bicyclic) bond motifs is 3. The van der Waals surface area contributed by atoms with Gasteiger partial charge in [0.15, 0.2) is 0 Å². The SMILES string of the molecule is O=C(O)CC(CNC(=O)CCCCCNC(=O)OCC1c2ccccc2-c2ccccc21)C1CC1. The Morgan fingerprint density at radius 1 is 0.914 bits per heavy atom. The Balaban J connectivity index is 1.09. The number of alkyl carbamates (subject to hydrolysis) is 1. The van der Waals surface area contributed by atoms with Crippen LogP contribution in [0.4, 0.5) is 4.79 Å². The van der Waals surface area contributed by atoms with Crippen molar-refractivity contribution in [1.29, 1.82) is 0 Å². The molecule has 35 heavy (non-hydrogen) atoms. The molecule has 2 aliphatic carbocycles. The van der Waals surface area contributed by atoms with Crippen molar-refractivity contribution in [3.05, 3.63) is 59.7 Å². The molecule has 0 aromatic heterocycles. The zero-order valence-electron chi connectivity index (χ0n) is 20.0. The highest BCUT2D eigenvalue weighted by atomic mass is 16.5. The molecule has 0 aliphatic heterocycles. The fourth-order valence-electron chi connectivity index (χ4n) is 4.96. The molecule has 1 saturated carbocycles. The Labute approximate surface area is 206 Å². The van der Waals surface area contributed by atoms with E-state index >= 15 is 0 Å². The minimum absolute atomic E-state index is 0.0365. The molecule has 0 bridgehead atoms. The third-order valence-corrected chi connectivity index (χ3v) is 6.98. The van der Waals surface area contributed by atoms with Crippen molar-refractivity contribution in [2.45, 2.75) is 50.9 Å². The molecule has 2 aromatic rings. The number of aliphatic carboxylic acids is 1. The van der Waals surface area contributed by atoms with Crippen LogP contribution in [0.15, 0.2) is 48.5 Å². The summed E-state index contributed by atoms with van der Waals surface area (Å²) in [5.74, 6) is -0.319. The molecule has 186 valence electrons. The van der Waals surface area contributed by atoms with Crippen molar-refractivity contribution in [3.8, 4) is 11.1 Å². The Hall–Kier alpha value is -3.35. The topological polar surface area (TPSA) is 105 Å². The normalized spacial score (nSPS) is 15.1. The van der Waals surface area contributed by atoms with E-state index in [2.05, 4.69) is 34.9 Å². The molecular weight excluding hydrogens is 444 g/mol. The maximum Gasteiger partial charge on any atom is 0.407 e. The number of hydrogen-bond acceptors (Lipinski definition) is 4. The van der Waals surface area contributed by atoms with Crippen LogP contribution in [-0.4, -0.2) is 42.8 Å². The second-order valence-electron chi connectivity index (χ2n) is 9.56. The van der Waals surface area contributed by atoms with Gasteiger partial charge in [-0.15, -0.1) is 0 Å². The number of carbonyl (C=O) groups is 3. The summed E-state index contributed by atoms with van der Waals surface area (Å²) < 4.78 is 5.53. The number of benzene rings is 2. The predicted octanol–water partition coefficient (Wildman–Crippen LogP) is 4.70. The van der Waals surface area contributed by atoms with Gasteiger partial charge in [0, 0.05) is 25.4 Å². The van der Waals surface area contributed by atoms with Gasteiger partial charge < -0.3 is 20.5 Å². The molecule has 2 aliphatic rings. The predicted molar refractivity (Wildman–Crippen MR) is 133 cm³/mol. The molecule has 3 N–H and O–H groups in total. The van der Waals surface area contributed by atoms with Crippen LogP contribution in [-0.2, 0) is 14.3 Å². The van der Waals surface area contributed by atoms with E-state index in [1.165, 1.54) is 22.3 Å². The van der Waals surface area contributed by atoms with Crippen LogP contribution in [0.1, 0.15) is 62.0 Å². The third-order valence-electron chi connectivity index (χ3n) is 6.98. The summed E-state index contributed by atoms with van der Waals surface area (Å²) >= 11 is 0. The second kappa shape index (κ2) is 11.9. The van der Waals surface area contributed by atoms with E-state index in [1.807, 2.05) is 24.3 Å². The van der Waals surface area contributed by atoms with Crippen LogP contribution in [0.3, 0.4) is 0 Å². The number of rotatable bonds is 13. The molecule has 0 heterocycles. The molecule has 7 nitrogen and oxygen atoms in total. The Bertz CT molecular complexity index is 1000. The first-order chi connectivity index (χ1) is 17.0. The third kappa shape index (κ3) is 6.84. The number of unbranched alkanes of at least 4 members (excludes halogenated alkanes) is 2. The van der Waals surface area contributed by atoms with E-state index in [4.69, 9.17) is 9.84 Å². The molecule has 1 atom stereocenters. The summed E-state index contributed by atoms with van der Waals surface area (Å²) in [7, 11) is 0. The van der Waals surface area contributed by atoms with E-state index in [-0.39, 0.29) is 24.2 Å². The number of carboxylic acid groups (broad SMARTS) is 1. The van der Waals surface area contributed by atoms with Crippen molar-refractivity contribution < 1.29 is 24.2 Å². The summed E-state index contributed by atoms with van der Waals surface area (Å²) in [5.41, 5.74) is 4.77. The van der Waals surface area contributed by atoms with Gasteiger partial charge in [0.25, 0.3) is 0 Å². The minimum Gasteiger partial charge on any atom is -0.481 e. The summed E-state index contributed by atoms with van der Waals surface area (Å²) in [6, 6.07) is 16.5. The average Bonchev–Trinajstić information content (AvgIpc) is 3.65. The van der Waals surface area contributed by atoms with Gasteiger partial charge in [-0.25, -0.2) is 4.79 Å². The quantitative estimate of drug-likeness (QED) is 0.362. The van der Waals surface area contributed by atoms with Crippen LogP contribution in [0.25, 0.3) is 11.1 Å². The first kappa shape index (κ1) is 24.8. The minimum atomic E-state index is -0.806. The Morgan fingerprint density at radius 3 is 2.20 bits per heavy atom. The average molecular weight is 479 g/mol. The first-order valence-corrected chi connectivity index (χ1v) is 12.6. The van der Waals surface area contributed by atoms with E-state index in [9.17, 15) is 14.4 Å². The second-order valence-corrected chi connectivity index (χ2v) is 9.56. The van der Waals surface area contributed by atoms with Gasteiger partial charge in [-0.2, -0.15) is 0 Å². The van der Waals surface area contributed by atoms with Crippen LogP contribution in [0.5, 0.6) is 0 Å². The zero-order chi connectivity index (χ0) is 24.6. The molecule has 2 aromatic carbocycles. The Morgan fingerprint density at radius 2 is 1.57 bits per heavy atom. The van der Waals surface area contributed by atoms with Crippen LogP contribution in [0.2, 0.25) is 0 Å². The van der Waals surface area contributed by atoms with Gasteiger partial charge in [-0.3, -0.25) is 9.59 Å². The maximum absolute atomic E-state index is 12.2. The highest BCUT2D eigenvalue weighted by Gasteiger charge is 2.32. The van der Waals surface area contributed by atoms with Crippen molar-refractivity contribution in [1.82, 2.24) is 10.6 Å². The number of amides is 2. The number of hydrogen-bond donors (Lipinski definition) is 3. The highest BCUT2D eigenvalue weighted by Crippen LogP contribution is 2.44. The standard InChI is InChI=1S/C28H34N2O5/c31-26(30-17-20(16-27(32)33)19-13-14-19)12-2-1-7-15-29-28(34)35-18-25-23-10-5-3-8-21(23)22-9-4-6-11-24(22)25/h3-6,8-11,19-20,25H,1-2,7,12-18H2,(H,29,34)(H,30,31)(H,32,33). The monoisotopic (exact) mass is 478 g/mol. The fraction of sp³-hybridized carbons (Fsp3) is 0.464. The molecule has 1 fully saturated rings. The van der Waals surface area contributed by atoms with E-state index in [0.717, 1.165) is 32.1 Å². The largest absolute Gasteiger partial charge is 0.481 e. The number of carbonyl (C=O) groups excluding carboxylic acids is 2. The molecule has 0 saturated heterocycles. The smallest absolute Gasteiger partial charge is 0.407 e. The first-order valence-electron chi connectivity index (χ1n) is 12.6. The summed E-state index contributed by atoms with van der Waals surface area (Å²) in [6.07, 6.45) is 4.54. The number of carboxylic acids is 1. The number of nitrogens with one attached hydrogen (secondary N) is 2. The maximum atomic E-state index is 12.2. The summed E-state index contributed by atoms with van der Waals surface area (Å²) in [4.78, 5) is 35.2. The summed E-state index contributed by atoms with van der Waals surface area (Å²) in [6.45, 7) is 1.24. The molecule has 0 spiro atoms. The van der Waals surface area contributed by atoms with Gasteiger partial charge in [0.05, 0.1) is 6.42 Å². The van der Waals surface area contributed by atoms with Crippen molar-refractivity contribution in [2.24, 2.45) is 11.8 Å². The van der Waals surface area contributed by atoms with Crippen molar-refractivity contribution in [2.75, 3.05) is 19.7 Å². The zero-order valence-corrected chi connectivity index (χ0v) is 20.0.